The van der Waals surface area contributed by atoms with Crippen molar-refractivity contribution in [3.63, 3.8) is 0 Å². The standard InChI is InChI=1S/C6H4Cl3O3P.Mg/c7-3-1-4(8)6(5(9)2-3)13(10,11)12;/h1-2H,(H2,10,11,12);/q;+2/p-2. The number of hydrogen-bond donors (Lipinski definition) is 0. The summed E-state index contributed by atoms with van der Waals surface area (Å²) >= 11 is 16.5. The second-order valence-electron chi connectivity index (χ2n) is 2.22. The second kappa shape index (κ2) is 5.48. The first-order valence-corrected chi connectivity index (χ1v) is 5.67. The third-order valence-electron chi connectivity index (χ3n) is 1.26. The van der Waals surface area contributed by atoms with Crippen molar-refractivity contribution in [3.05, 3.63) is 27.2 Å². The van der Waals surface area contributed by atoms with Crippen LogP contribution in [0.3, 0.4) is 0 Å². The molecular weight excluding hydrogens is 282 g/mol. The van der Waals surface area contributed by atoms with E-state index >= 15 is 0 Å². The molecule has 3 nitrogen and oxygen atoms in total. The number of hydrogen-bond acceptors (Lipinski definition) is 3. The molecule has 0 bridgehead atoms. The predicted octanol–water partition coefficient (Wildman–Crippen LogP) is -0.265. The van der Waals surface area contributed by atoms with Gasteiger partial charge < -0.3 is 14.7 Å². The van der Waals surface area contributed by atoms with Gasteiger partial charge in [0, 0.05) is 5.02 Å². The van der Waals surface area contributed by atoms with Gasteiger partial charge in [0.15, 0.2) is 0 Å². The molecule has 72 valence electrons. The van der Waals surface area contributed by atoms with Crippen LogP contribution in [0.5, 0.6) is 0 Å². The summed E-state index contributed by atoms with van der Waals surface area (Å²) in [4.78, 5) is 31.9. The zero-order chi connectivity index (χ0) is 10.2. The van der Waals surface area contributed by atoms with Crippen LogP contribution in [0.15, 0.2) is 12.1 Å². The van der Waals surface area contributed by atoms with Gasteiger partial charge in [0.2, 0.25) is 0 Å². The van der Waals surface area contributed by atoms with E-state index in [4.69, 9.17) is 34.8 Å². The van der Waals surface area contributed by atoms with Gasteiger partial charge in [-0.15, -0.1) is 7.94 Å². The molecule has 0 aromatic heterocycles. The van der Waals surface area contributed by atoms with Crippen LogP contribution in [-0.2, 0) is 0 Å². The van der Waals surface area contributed by atoms with Gasteiger partial charge >= 0.3 is 23.1 Å². The molecule has 0 unspecified atom stereocenters. The predicted molar refractivity (Wildman–Crippen MR) is 53.8 cm³/mol. The summed E-state index contributed by atoms with van der Waals surface area (Å²) in [5.41, 5.74) is 0. The van der Waals surface area contributed by atoms with Crippen molar-refractivity contribution in [2.75, 3.05) is 0 Å². The van der Waals surface area contributed by atoms with E-state index in [-0.39, 0.29) is 38.1 Å². The third kappa shape index (κ3) is 3.63. The average Bonchev–Trinajstić information content (AvgIpc) is 1.78. The van der Waals surface area contributed by atoms with E-state index in [1.165, 1.54) is 0 Å². The molecule has 0 radical (unpaired) electrons. The first kappa shape index (κ1) is 15.2. The van der Waals surface area contributed by atoms with Crippen LogP contribution in [0.1, 0.15) is 0 Å². The Kier molecular flexibility index (Phi) is 5.94. The molecule has 0 saturated carbocycles. The summed E-state index contributed by atoms with van der Waals surface area (Å²) in [6, 6.07) is 2.29. The first-order chi connectivity index (χ1) is 5.82. The second-order valence-corrected chi connectivity index (χ2v) is 4.91. The minimum absolute atomic E-state index is 0. The van der Waals surface area contributed by atoms with E-state index in [2.05, 4.69) is 0 Å². The molecule has 0 aliphatic carbocycles. The largest absolute Gasteiger partial charge is 2.00 e. The van der Waals surface area contributed by atoms with Crippen LogP contribution in [-0.4, -0.2) is 23.1 Å². The van der Waals surface area contributed by atoms with Crippen LogP contribution in [0.2, 0.25) is 15.1 Å². The monoisotopic (exact) mass is 282 g/mol. The molecule has 0 aliphatic rings. The molecule has 0 aliphatic heterocycles. The summed E-state index contributed by atoms with van der Waals surface area (Å²) < 4.78 is 0. The van der Waals surface area contributed by atoms with Gasteiger partial charge in [-0.2, -0.15) is 0 Å². The summed E-state index contributed by atoms with van der Waals surface area (Å²) in [5, 5.41) is -0.955. The third-order valence-corrected chi connectivity index (χ3v) is 3.36. The minimum atomic E-state index is -4.94. The zero-order valence-electron chi connectivity index (χ0n) is 6.67. The number of halogens is 3. The fourth-order valence-electron chi connectivity index (χ4n) is 0.796. The molecule has 8 heteroatoms. The van der Waals surface area contributed by atoms with E-state index in [9.17, 15) is 14.7 Å². The quantitative estimate of drug-likeness (QED) is 0.526. The van der Waals surface area contributed by atoms with E-state index in [1.807, 2.05) is 0 Å². The zero-order valence-corrected chi connectivity index (χ0v) is 11.2. The van der Waals surface area contributed by atoms with E-state index in [0.717, 1.165) is 12.1 Å². The summed E-state index contributed by atoms with van der Waals surface area (Å²) in [6.45, 7) is 0. The molecule has 1 aromatic rings. The molecule has 0 heterocycles. The number of benzene rings is 1. The maximum absolute atomic E-state index is 10.6. The molecule has 1 aromatic carbocycles. The Morgan fingerprint density at radius 1 is 0.929 bits per heavy atom. The van der Waals surface area contributed by atoms with Crippen LogP contribution in [0.4, 0.5) is 0 Å². The van der Waals surface area contributed by atoms with E-state index in [0.29, 0.717) is 0 Å². The Morgan fingerprint density at radius 2 is 1.29 bits per heavy atom. The first-order valence-electron chi connectivity index (χ1n) is 2.99. The van der Waals surface area contributed by atoms with Crippen LogP contribution in [0.25, 0.3) is 0 Å². The van der Waals surface area contributed by atoms with Crippen LogP contribution < -0.4 is 20.0 Å². The van der Waals surface area contributed by atoms with Crippen molar-refractivity contribution in [3.8, 4) is 0 Å². The topological polar surface area (TPSA) is 69.2 Å². The normalized spacial score (nSPS) is 11.0. The Bertz CT molecular complexity index is 319. The van der Waals surface area contributed by atoms with Crippen molar-refractivity contribution in [2.24, 2.45) is 0 Å². The van der Waals surface area contributed by atoms with E-state index < -0.39 is 13.2 Å². The summed E-state index contributed by atoms with van der Waals surface area (Å²) in [5.74, 6) is 0. The van der Waals surface area contributed by atoms with Gasteiger partial charge in [-0.3, -0.25) is 0 Å². The van der Waals surface area contributed by atoms with Gasteiger partial charge in [-0.1, -0.05) is 34.8 Å². The molecule has 0 atom stereocenters. The Morgan fingerprint density at radius 3 is 1.57 bits per heavy atom. The molecule has 0 spiro atoms. The Hall–Kier alpha value is 1.17. The number of rotatable bonds is 1. The van der Waals surface area contributed by atoms with Gasteiger partial charge in [0.1, 0.15) is 5.30 Å². The summed E-state index contributed by atoms with van der Waals surface area (Å²) in [6.07, 6.45) is 0. The summed E-state index contributed by atoms with van der Waals surface area (Å²) in [7, 11) is -4.94. The van der Waals surface area contributed by atoms with Crippen LogP contribution in [0, 0.1) is 0 Å². The van der Waals surface area contributed by atoms with Gasteiger partial charge in [0.05, 0.1) is 10.0 Å². The maximum atomic E-state index is 10.6. The minimum Gasteiger partial charge on any atom is -0.683 e. The molecule has 14 heavy (non-hydrogen) atoms. The molecule has 1 rings (SSSR count). The van der Waals surface area contributed by atoms with Gasteiger partial charge in [0.25, 0.3) is 0 Å². The van der Waals surface area contributed by atoms with Crippen molar-refractivity contribution in [1.82, 2.24) is 0 Å². The van der Waals surface area contributed by atoms with Gasteiger partial charge in [-0.05, 0) is 12.1 Å². The molecular formula is C6H2Cl3MgO3P. The van der Waals surface area contributed by atoms with Crippen molar-refractivity contribution in [2.45, 2.75) is 0 Å². The molecule has 0 amide bonds. The maximum Gasteiger partial charge on any atom is 2.00 e. The Labute approximate surface area is 112 Å². The van der Waals surface area contributed by atoms with Gasteiger partial charge in [-0.25, -0.2) is 0 Å². The van der Waals surface area contributed by atoms with Crippen LogP contribution >= 0.6 is 42.7 Å². The van der Waals surface area contributed by atoms with Crippen molar-refractivity contribution >= 4 is 71.1 Å². The average molecular weight is 284 g/mol. The van der Waals surface area contributed by atoms with Crippen molar-refractivity contribution in [1.29, 1.82) is 0 Å². The fourth-order valence-corrected chi connectivity index (χ4v) is 2.89. The SMILES string of the molecule is [Mg+2].[O-][P+]([O-])([O-])c1c(Cl)cc(Cl)cc1Cl. The smallest absolute Gasteiger partial charge is 0.683 e. The Balaban J connectivity index is 0.00000169. The molecule has 0 fully saturated rings. The molecule has 0 saturated heterocycles. The fraction of sp³-hybridized carbons (Fsp3) is 0. The molecule has 0 N–H and O–H groups in total. The van der Waals surface area contributed by atoms with E-state index in [1.54, 1.807) is 0 Å². The van der Waals surface area contributed by atoms with Crippen molar-refractivity contribution < 1.29 is 14.7 Å².